The van der Waals surface area contributed by atoms with Crippen LogP contribution in [0.15, 0.2) is 30.3 Å². The molecule has 0 bridgehead atoms. The smallest absolute Gasteiger partial charge is 0.143 e. The summed E-state index contributed by atoms with van der Waals surface area (Å²) in [7, 11) is 1.51. The van der Waals surface area contributed by atoms with Crippen LogP contribution in [0, 0.1) is 22.7 Å². The van der Waals surface area contributed by atoms with Crippen molar-refractivity contribution in [2.75, 3.05) is 12.4 Å². The normalized spacial score (nSPS) is 9.40. The van der Waals surface area contributed by atoms with E-state index in [0.717, 1.165) is 0 Å². The molecule has 0 unspecified atom stereocenters. The van der Waals surface area contributed by atoms with Crippen LogP contribution in [0.3, 0.4) is 0 Å². The van der Waals surface area contributed by atoms with Crippen molar-refractivity contribution >= 4 is 23.1 Å². The molecule has 0 aliphatic heterocycles. The van der Waals surface area contributed by atoms with Gasteiger partial charge in [-0.15, -0.1) is 0 Å². The Bertz CT molecular complexity index is 731. The number of nitrogens with one attached hydrogen (secondary N) is 1. The van der Waals surface area contributed by atoms with Crippen LogP contribution in [0.25, 0.3) is 0 Å². The first-order chi connectivity index (χ1) is 9.67. The molecule has 0 saturated carbocycles. The fraction of sp³-hybridized carbons (Fsp3) is 0.0714. The zero-order valence-corrected chi connectivity index (χ0v) is 11.3. The SMILES string of the molecule is COc1cccc(C#N)c1Nc1cc(C#N)cc(Cl)n1. The quantitative estimate of drug-likeness (QED) is 0.875. The summed E-state index contributed by atoms with van der Waals surface area (Å²) in [5.41, 5.74) is 1.27. The first-order valence-corrected chi connectivity index (χ1v) is 5.97. The number of anilines is 2. The third kappa shape index (κ3) is 2.80. The summed E-state index contributed by atoms with van der Waals surface area (Å²) in [5.74, 6) is 0.874. The molecule has 0 radical (unpaired) electrons. The molecule has 1 aromatic heterocycles. The molecular weight excluding hydrogens is 276 g/mol. The van der Waals surface area contributed by atoms with E-state index in [0.29, 0.717) is 28.4 Å². The molecule has 2 rings (SSSR count). The molecule has 0 saturated heterocycles. The summed E-state index contributed by atoms with van der Waals surface area (Å²) in [6, 6.07) is 12.1. The van der Waals surface area contributed by atoms with Crippen LogP contribution in [0.1, 0.15) is 11.1 Å². The highest BCUT2D eigenvalue weighted by Gasteiger charge is 2.10. The van der Waals surface area contributed by atoms with Gasteiger partial charge in [-0.05, 0) is 24.3 Å². The first kappa shape index (κ1) is 13.7. The zero-order valence-electron chi connectivity index (χ0n) is 10.5. The van der Waals surface area contributed by atoms with E-state index in [4.69, 9.17) is 26.9 Å². The van der Waals surface area contributed by atoms with E-state index >= 15 is 0 Å². The van der Waals surface area contributed by atoms with E-state index in [1.807, 2.05) is 6.07 Å². The van der Waals surface area contributed by atoms with Crippen LogP contribution in [-0.2, 0) is 0 Å². The molecular formula is C14H9ClN4O. The van der Waals surface area contributed by atoms with Crippen LogP contribution in [0.5, 0.6) is 5.75 Å². The highest BCUT2D eigenvalue weighted by Crippen LogP contribution is 2.30. The van der Waals surface area contributed by atoms with Gasteiger partial charge in [-0.1, -0.05) is 17.7 Å². The van der Waals surface area contributed by atoms with Crippen molar-refractivity contribution in [1.29, 1.82) is 10.5 Å². The molecule has 20 heavy (non-hydrogen) atoms. The minimum Gasteiger partial charge on any atom is -0.495 e. The van der Waals surface area contributed by atoms with Crippen molar-refractivity contribution in [1.82, 2.24) is 4.98 Å². The second-order valence-corrected chi connectivity index (χ2v) is 4.18. The Morgan fingerprint density at radius 1 is 1.25 bits per heavy atom. The number of nitriles is 2. The number of ether oxygens (including phenoxy) is 1. The number of para-hydroxylation sites is 1. The second-order valence-electron chi connectivity index (χ2n) is 3.80. The van der Waals surface area contributed by atoms with E-state index in [9.17, 15) is 0 Å². The average molecular weight is 285 g/mol. The van der Waals surface area contributed by atoms with Gasteiger partial charge in [0.05, 0.1) is 24.3 Å². The third-order valence-electron chi connectivity index (χ3n) is 2.54. The van der Waals surface area contributed by atoms with Crippen LogP contribution < -0.4 is 10.1 Å². The highest BCUT2D eigenvalue weighted by molar-refractivity contribution is 6.29. The van der Waals surface area contributed by atoms with Gasteiger partial charge in [0.2, 0.25) is 0 Å². The summed E-state index contributed by atoms with van der Waals surface area (Å²) < 4.78 is 5.21. The maximum absolute atomic E-state index is 9.13. The Morgan fingerprint density at radius 3 is 2.70 bits per heavy atom. The molecule has 0 aliphatic rings. The van der Waals surface area contributed by atoms with Crippen molar-refractivity contribution in [3.05, 3.63) is 46.6 Å². The third-order valence-corrected chi connectivity index (χ3v) is 2.74. The molecule has 98 valence electrons. The summed E-state index contributed by atoms with van der Waals surface area (Å²) in [4.78, 5) is 4.07. The number of nitrogens with zero attached hydrogens (tertiary/aromatic N) is 3. The Hall–Kier alpha value is -2.76. The summed E-state index contributed by atoms with van der Waals surface area (Å²) in [6.45, 7) is 0. The number of hydrogen-bond donors (Lipinski definition) is 1. The molecule has 5 nitrogen and oxygen atoms in total. The fourth-order valence-electron chi connectivity index (χ4n) is 1.68. The minimum absolute atomic E-state index is 0.194. The summed E-state index contributed by atoms with van der Waals surface area (Å²) in [5, 5.41) is 21.2. The van der Waals surface area contributed by atoms with Crippen molar-refractivity contribution in [3.8, 4) is 17.9 Å². The van der Waals surface area contributed by atoms with Crippen molar-refractivity contribution in [2.45, 2.75) is 0 Å². The first-order valence-electron chi connectivity index (χ1n) is 5.59. The van der Waals surface area contributed by atoms with Crippen LogP contribution in [0.4, 0.5) is 11.5 Å². The predicted molar refractivity (Wildman–Crippen MR) is 75.0 cm³/mol. The zero-order chi connectivity index (χ0) is 14.5. The molecule has 6 heteroatoms. The van der Waals surface area contributed by atoms with E-state index in [1.54, 1.807) is 24.3 Å². The molecule has 0 spiro atoms. The van der Waals surface area contributed by atoms with E-state index in [2.05, 4.69) is 16.4 Å². The molecule has 2 aromatic rings. The molecule has 0 fully saturated rings. The number of methoxy groups -OCH3 is 1. The number of halogens is 1. The van der Waals surface area contributed by atoms with Gasteiger partial charge in [-0.2, -0.15) is 10.5 Å². The monoisotopic (exact) mass is 284 g/mol. The van der Waals surface area contributed by atoms with E-state index in [-0.39, 0.29) is 5.15 Å². The fourth-order valence-corrected chi connectivity index (χ4v) is 1.89. The molecule has 0 atom stereocenters. The summed E-state index contributed by atoms with van der Waals surface area (Å²) >= 11 is 5.84. The van der Waals surface area contributed by atoms with Gasteiger partial charge in [0.25, 0.3) is 0 Å². The van der Waals surface area contributed by atoms with Gasteiger partial charge < -0.3 is 10.1 Å². The largest absolute Gasteiger partial charge is 0.495 e. The van der Waals surface area contributed by atoms with Crippen molar-refractivity contribution in [3.63, 3.8) is 0 Å². The lowest BCUT2D eigenvalue weighted by Gasteiger charge is -2.12. The second kappa shape index (κ2) is 5.92. The van der Waals surface area contributed by atoms with Gasteiger partial charge in [0.1, 0.15) is 28.5 Å². The Labute approximate surface area is 121 Å². The number of aromatic nitrogens is 1. The Morgan fingerprint density at radius 2 is 2.05 bits per heavy atom. The lowest BCUT2D eigenvalue weighted by molar-refractivity contribution is 0.416. The molecule has 0 aliphatic carbocycles. The number of rotatable bonds is 3. The molecule has 1 heterocycles. The molecule has 0 amide bonds. The number of benzene rings is 1. The van der Waals surface area contributed by atoms with Gasteiger partial charge in [-0.25, -0.2) is 4.98 Å². The minimum atomic E-state index is 0.194. The van der Waals surface area contributed by atoms with E-state index < -0.39 is 0 Å². The lowest BCUT2D eigenvalue weighted by atomic mass is 10.1. The van der Waals surface area contributed by atoms with Crippen LogP contribution >= 0.6 is 11.6 Å². The maximum atomic E-state index is 9.13. The Balaban J connectivity index is 2.48. The van der Waals surface area contributed by atoms with Gasteiger partial charge in [-0.3, -0.25) is 0 Å². The van der Waals surface area contributed by atoms with Gasteiger partial charge in [0.15, 0.2) is 0 Å². The standard InChI is InChI=1S/C14H9ClN4O/c1-20-11-4-2-3-10(8-17)14(11)19-13-6-9(7-16)5-12(15)18-13/h2-6H,1H3,(H,18,19). The topological polar surface area (TPSA) is 81.7 Å². The maximum Gasteiger partial charge on any atom is 0.143 e. The van der Waals surface area contributed by atoms with E-state index in [1.165, 1.54) is 13.2 Å². The summed E-state index contributed by atoms with van der Waals surface area (Å²) in [6.07, 6.45) is 0. The van der Waals surface area contributed by atoms with Crippen molar-refractivity contribution < 1.29 is 4.74 Å². The number of hydrogen-bond acceptors (Lipinski definition) is 5. The number of pyridine rings is 1. The lowest BCUT2D eigenvalue weighted by Crippen LogP contribution is -2.00. The van der Waals surface area contributed by atoms with Crippen LogP contribution in [0.2, 0.25) is 5.15 Å². The van der Waals surface area contributed by atoms with Gasteiger partial charge >= 0.3 is 0 Å². The predicted octanol–water partition coefficient (Wildman–Crippen LogP) is 3.23. The highest BCUT2D eigenvalue weighted by atomic mass is 35.5. The van der Waals surface area contributed by atoms with Gasteiger partial charge in [0, 0.05) is 0 Å². The van der Waals surface area contributed by atoms with Crippen molar-refractivity contribution in [2.24, 2.45) is 0 Å². The van der Waals surface area contributed by atoms with Crippen LogP contribution in [-0.4, -0.2) is 12.1 Å². The molecule has 1 N–H and O–H groups in total. The molecule has 1 aromatic carbocycles. The Kier molecular flexibility index (Phi) is 4.05. The average Bonchev–Trinajstić information content (AvgIpc) is 2.46.